The third-order valence-electron chi connectivity index (χ3n) is 2.39. The Balaban J connectivity index is 2.09. The van der Waals surface area contributed by atoms with Gasteiger partial charge in [-0.25, -0.2) is 4.98 Å². The Kier molecular flexibility index (Phi) is 3.14. The second-order valence-corrected chi connectivity index (χ2v) is 4.09. The summed E-state index contributed by atoms with van der Waals surface area (Å²) in [6.07, 6.45) is 5.43. The first-order valence-electron chi connectivity index (χ1n) is 4.66. The summed E-state index contributed by atoms with van der Waals surface area (Å²) >= 11 is 11.6. The predicted octanol–water partition coefficient (Wildman–Crippen LogP) is 3.41. The Morgan fingerprint density at radius 1 is 1.50 bits per heavy atom. The van der Waals surface area contributed by atoms with Crippen LogP contribution in [0.25, 0.3) is 0 Å². The SMILES string of the molecule is ClCc1cc(OC2CCC2)ncc1Cl. The summed E-state index contributed by atoms with van der Waals surface area (Å²) in [5, 5.41) is 0.598. The van der Waals surface area contributed by atoms with Crippen LogP contribution in [0.15, 0.2) is 12.3 Å². The molecule has 1 aromatic rings. The fourth-order valence-corrected chi connectivity index (χ4v) is 1.74. The topological polar surface area (TPSA) is 22.1 Å². The quantitative estimate of drug-likeness (QED) is 0.745. The number of alkyl halides is 1. The molecule has 0 atom stereocenters. The maximum Gasteiger partial charge on any atom is 0.213 e. The zero-order valence-electron chi connectivity index (χ0n) is 7.67. The Hall–Kier alpha value is -0.470. The van der Waals surface area contributed by atoms with E-state index in [1.165, 1.54) is 6.42 Å². The molecule has 0 N–H and O–H groups in total. The molecule has 2 rings (SSSR count). The molecule has 0 aliphatic heterocycles. The summed E-state index contributed by atoms with van der Waals surface area (Å²) in [4.78, 5) is 4.10. The zero-order chi connectivity index (χ0) is 9.97. The van der Waals surface area contributed by atoms with Crippen molar-refractivity contribution in [3.63, 3.8) is 0 Å². The molecule has 0 unspecified atom stereocenters. The lowest BCUT2D eigenvalue weighted by Gasteiger charge is -2.25. The fraction of sp³-hybridized carbons (Fsp3) is 0.500. The molecule has 1 heterocycles. The van der Waals surface area contributed by atoms with E-state index in [1.54, 1.807) is 6.20 Å². The van der Waals surface area contributed by atoms with Gasteiger partial charge in [-0.15, -0.1) is 11.6 Å². The monoisotopic (exact) mass is 231 g/mol. The zero-order valence-corrected chi connectivity index (χ0v) is 9.18. The standard InChI is InChI=1S/C10H11Cl2NO/c11-5-7-4-10(13-6-9(7)12)14-8-2-1-3-8/h4,6,8H,1-3,5H2. The highest BCUT2D eigenvalue weighted by molar-refractivity contribution is 6.32. The van der Waals surface area contributed by atoms with E-state index < -0.39 is 0 Å². The van der Waals surface area contributed by atoms with E-state index in [0.29, 0.717) is 22.9 Å². The molecule has 1 aliphatic carbocycles. The Morgan fingerprint density at radius 2 is 2.29 bits per heavy atom. The van der Waals surface area contributed by atoms with E-state index in [0.717, 1.165) is 18.4 Å². The van der Waals surface area contributed by atoms with Crippen molar-refractivity contribution in [1.29, 1.82) is 0 Å². The van der Waals surface area contributed by atoms with E-state index in [9.17, 15) is 0 Å². The van der Waals surface area contributed by atoms with Crippen molar-refractivity contribution in [2.45, 2.75) is 31.2 Å². The van der Waals surface area contributed by atoms with Gasteiger partial charge in [0.1, 0.15) is 6.10 Å². The number of aromatic nitrogens is 1. The molecular formula is C10H11Cl2NO. The van der Waals surface area contributed by atoms with Crippen molar-refractivity contribution in [2.75, 3.05) is 0 Å². The van der Waals surface area contributed by atoms with Crippen molar-refractivity contribution in [3.8, 4) is 5.88 Å². The molecule has 76 valence electrons. The van der Waals surface area contributed by atoms with Crippen molar-refractivity contribution >= 4 is 23.2 Å². The van der Waals surface area contributed by atoms with Crippen LogP contribution in [0.3, 0.4) is 0 Å². The van der Waals surface area contributed by atoms with Crippen molar-refractivity contribution in [3.05, 3.63) is 22.8 Å². The van der Waals surface area contributed by atoms with Gasteiger partial charge in [0.15, 0.2) is 0 Å². The summed E-state index contributed by atoms with van der Waals surface area (Å²) in [6.45, 7) is 0. The molecule has 0 amide bonds. The van der Waals surface area contributed by atoms with E-state index in [4.69, 9.17) is 27.9 Å². The van der Waals surface area contributed by atoms with Crippen molar-refractivity contribution < 1.29 is 4.74 Å². The molecule has 2 nitrogen and oxygen atoms in total. The molecule has 1 saturated carbocycles. The third-order valence-corrected chi connectivity index (χ3v) is 3.02. The van der Waals surface area contributed by atoms with Crippen LogP contribution < -0.4 is 4.74 Å². The predicted molar refractivity (Wildman–Crippen MR) is 57.1 cm³/mol. The highest BCUT2D eigenvalue weighted by Gasteiger charge is 2.19. The molecular weight excluding hydrogens is 221 g/mol. The summed E-state index contributed by atoms with van der Waals surface area (Å²) in [6, 6.07) is 1.81. The van der Waals surface area contributed by atoms with Gasteiger partial charge in [0, 0.05) is 18.1 Å². The maximum atomic E-state index is 5.88. The molecule has 1 aliphatic rings. The minimum Gasteiger partial charge on any atom is -0.474 e. The van der Waals surface area contributed by atoms with E-state index >= 15 is 0 Å². The normalized spacial score (nSPS) is 16.4. The minimum absolute atomic E-state index is 0.340. The van der Waals surface area contributed by atoms with Gasteiger partial charge in [-0.3, -0.25) is 0 Å². The Labute approximate surface area is 93.2 Å². The molecule has 0 radical (unpaired) electrons. The van der Waals surface area contributed by atoms with Crippen LogP contribution in [0.2, 0.25) is 5.02 Å². The highest BCUT2D eigenvalue weighted by Crippen LogP contribution is 2.26. The molecule has 1 aromatic heterocycles. The van der Waals surface area contributed by atoms with E-state index in [2.05, 4.69) is 4.98 Å². The van der Waals surface area contributed by atoms with Crippen LogP contribution in [0.5, 0.6) is 5.88 Å². The lowest BCUT2D eigenvalue weighted by atomic mass is 9.96. The van der Waals surface area contributed by atoms with Gasteiger partial charge < -0.3 is 4.74 Å². The number of pyridine rings is 1. The molecule has 0 aromatic carbocycles. The Morgan fingerprint density at radius 3 is 2.86 bits per heavy atom. The van der Waals surface area contributed by atoms with Crippen LogP contribution >= 0.6 is 23.2 Å². The first-order valence-corrected chi connectivity index (χ1v) is 5.58. The van der Waals surface area contributed by atoms with E-state index in [-0.39, 0.29) is 0 Å². The second kappa shape index (κ2) is 4.37. The number of ether oxygens (including phenoxy) is 1. The van der Waals surface area contributed by atoms with Crippen molar-refractivity contribution in [2.24, 2.45) is 0 Å². The van der Waals surface area contributed by atoms with Gasteiger partial charge >= 0.3 is 0 Å². The number of rotatable bonds is 3. The molecule has 0 bridgehead atoms. The van der Waals surface area contributed by atoms with Crippen LogP contribution in [-0.4, -0.2) is 11.1 Å². The number of hydrogen-bond acceptors (Lipinski definition) is 2. The van der Waals surface area contributed by atoms with Gasteiger partial charge in [-0.05, 0) is 24.8 Å². The maximum absolute atomic E-state index is 5.88. The summed E-state index contributed by atoms with van der Waals surface area (Å²) in [5.74, 6) is 1.03. The van der Waals surface area contributed by atoms with E-state index in [1.807, 2.05) is 6.07 Å². The Bertz CT molecular complexity index is 326. The fourth-order valence-electron chi connectivity index (χ4n) is 1.28. The van der Waals surface area contributed by atoms with Gasteiger partial charge in [-0.2, -0.15) is 0 Å². The number of halogens is 2. The summed E-state index contributed by atoms with van der Waals surface area (Å²) in [5.41, 5.74) is 0.873. The lowest BCUT2D eigenvalue weighted by Crippen LogP contribution is -2.24. The van der Waals surface area contributed by atoms with Gasteiger partial charge in [-0.1, -0.05) is 11.6 Å². The number of nitrogens with zero attached hydrogens (tertiary/aromatic N) is 1. The average Bonchev–Trinajstić information content (AvgIpc) is 2.14. The van der Waals surface area contributed by atoms with Crippen molar-refractivity contribution in [1.82, 2.24) is 4.98 Å². The van der Waals surface area contributed by atoms with Crippen LogP contribution in [0, 0.1) is 0 Å². The lowest BCUT2D eigenvalue weighted by molar-refractivity contribution is 0.114. The molecule has 0 saturated heterocycles. The summed E-state index contributed by atoms with van der Waals surface area (Å²) in [7, 11) is 0. The van der Waals surface area contributed by atoms with Gasteiger partial charge in [0.05, 0.1) is 5.02 Å². The largest absolute Gasteiger partial charge is 0.474 e. The smallest absolute Gasteiger partial charge is 0.213 e. The van der Waals surface area contributed by atoms with Crippen LogP contribution in [0.4, 0.5) is 0 Å². The second-order valence-electron chi connectivity index (χ2n) is 3.42. The molecule has 0 spiro atoms. The molecule has 4 heteroatoms. The highest BCUT2D eigenvalue weighted by atomic mass is 35.5. The first-order chi connectivity index (χ1) is 6.79. The summed E-state index contributed by atoms with van der Waals surface area (Å²) < 4.78 is 5.62. The molecule has 14 heavy (non-hydrogen) atoms. The molecule has 1 fully saturated rings. The van der Waals surface area contributed by atoms with Crippen LogP contribution in [0.1, 0.15) is 24.8 Å². The minimum atomic E-state index is 0.340. The first kappa shape index (κ1) is 10.1. The van der Waals surface area contributed by atoms with Gasteiger partial charge in [0.2, 0.25) is 5.88 Å². The number of hydrogen-bond donors (Lipinski definition) is 0. The third kappa shape index (κ3) is 2.12. The average molecular weight is 232 g/mol. The van der Waals surface area contributed by atoms with Crippen LogP contribution in [-0.2, 0) is 5.88 Å². The van der Waals surface area contributed by atoms with Gasteiger partial charge in [0.25, 0.3) is 0 Å².